The Labute approximate surface area is 159 Å². The zero-order chi connectivity index (χ0) is 17.9. The van der Waals surface area contributed by atoms with E-state index in [2.05, 4.69) is 23.5 Å². The van der Waals surface area contributed by atoms with Crippen LogP contribution in [0.3, 0.4) is 0 Å². The van der Waals surface area contributed by atoms with Gasteiger partial charge in [-0.05, 0) is 36.4 Å². The number of aromatic nitrogens is 1. The summed E-state index contributed by atoms with van der Waals surface area (Å²) < 4.78 is 1.23. The average molecular weight is 384 g/mol. The number of piperidine rings is 1. The summed E-state index contributed by atoms with van der Waals surface area (Å²) in [5, 5.41) is 15.6. The molecule has 2 aromatic heterocycles. The van der Waals surface area contributed by atoms with E-state index in [1.54, 1.807) is 17.4 Å². The summed E-state index contributed by atoms with van der Waals surface area (Å²) >= 11 is 3.17. The van der Waals surface area contributed by atoms with Crippen LogP contribution in [0.15, 0.2) is 35.7 Å². The monoisotopic (exact) mass is 383 g/mol. The lowest BCUT2D eigenvalue weighted by Crippen LogP contribution is -3.14. The third-order valence-corrected chi connectivity index (χ3v) is 6.76. The van der Waals surface area contributed by atoms with Gasteiger partial charge in [0, 0.05) is 0 Å². The van der Waals surface area contributed by atoms with Gasteiger partial charge in [-0.3, -0.25) is 4.79 Å². The lowest BCUT2D eigenvalue weighted by molar-refractivity contribution is -0.898. The number of nitrogens with zero attached hydrogens (tertiary/aromatic N) is 2. The Morgan fingerprint density at radius 1 is 1.38 bits per heavy atom. The first-order valence-electron chi connectivity index (χ1n) is 8.69. The normalized spacial score (nSPS) is 20.0. The van der Waals surface area contributed by atoms with Crippen LogP contribution in [0.5, 0.6) is 0 Å². The molecule has 0 aliphatic carbocycles. The van der Waals surface area contributed by atoms with E-state index in [1.165, 1.54) is 25.9 Å². The van der Waals surface area contributed by atoms with Crippen molar-refractivity contribution in [3.63, 3.8) is 0 Å². The second-order valence-corrected chi connectivity index (χ2v) is 8.54. The molecule has 2 N–H and O–H groups in total. The molecule has 1 aromatic carbocycles. The molecule has 1 amide bonds. The third-order valence-electron chi connectivity index (χ3n) is 4.73. The zero-order valence-corrected chi connectivity index (χ0v) is 15.8. The standard InChI is InChI=1S/C19H18N4OS2/c20-10-13-7-9-25-18(13)22-17(24)12-23-8-3-4-14(11-23)19-21-15-5-1-2-6-16(15)26-19/h1-2,5-7,9,14H,3-4,8,11-12H2,(H,22,24)/p+1/t14-/m0/s1. The number of anilines is 1. The summed E-state index contributed by atoms with van der Waals surface area (Å²) in [6.07, 6.45) is 2.24. The number of likely N-dealkylation sites (tertiary alicyclic amines) is 1. The highest BCUT2D eigenvalue weighted by atomic mass is 32.1. The molecule has 3 aromatic rings. The molecule has 2 atom stereocenters. The van der Waals surface area contributed by atoms with E-state index >= 15 is 0 Å². The Bertz CT molecular complexity index is 938. The lowest BCUT2D eigenvalue weighted by Gasteiger charge is -2.28. The van der Waals surface area contributed by atoms with Crippen LogP contribution in [0.25, 0.3) is 10.2 Å². The largest absolute Gasteiger partial charge is 0.327 e. The van der Waals surface area contributed by atoms with E-state index in [0.29, 0.717) is 23.0 Å². The number of quaternary nitrogens is 1. The van der Waals surface area contributed by atoms with Crippen molar-refractivity contribution in [1.82, 2.24) is 4.98 Å². The smallest absolute Gasteiger partial charge is 0.280 e. The van der Waals surface area contributed by atoms with Crippen molar-refractivity contribution >= 4 is 43.8 Å². The fourth-order valence-corrected chi connectivity index (χ4v) is 5.33. The number of fused-ring (bicyclic) bond motifs is 1. The van der Waals surface area contributed by atoms with Crippen LogP contribution >= 0.6 is 22.7 Å². The molecular weight excluding hydrogens is 364 g/mol. The number of thiazole rings is 1. The summed E-state index contributed by atoms with van der Waals surface area (Å²) in [6, 6.07) is 12.1. The highest BCUT2D eigenvalue weighted by molar-refractivity contribution is 7.18. The Morgan fingerprint density at radius 2 is 2.27 bits per heavy atom. The van der Waals surface area contributed by atoms with Crippen molar-refractivity contribution in [2.75, 3.05) is 25.0 Å². The molecule has 4 rings (SSSR count). The van der Waals surface area contributed by atoms with E-state index in [4.69, 9.17) is 10.2 Å². The van der Waals surface area contributed by atoms with Crippen molar-refractivity contribution in [2.24, 2.45) is 0 Å². The summed E-state index contributed by atoms with van der Waals surface area (Å²) in [4.78, 5) is 18.5. The molecule has 0 saturated carbocycles. The molecule has 1 saturated heterocycles. The van der Waals surface area contributed by atoms with E-state index in [-0.39, 0.29) is 5.91 Å². The van der Waals surface area contributed by atoms with E-state index < -0.39 is 0 Å². The van der Waals surface area contributed by atoms with Crippen LogP contribution in [-0.4, -0.2) is 30.5 Å². The van der Waals surface area contributed by atoms with Gasteiger partial charge >= 0.3 is 0 Å². The van der Waals surface area contributed by atoms with Crippen molar-refractivity contribution in [1.29, 1.82) is 5.26 Å². The Balaban J connectivity index is 1.40. The van der Waals surface area contributed by atoms with Gasteiger partial charge in [-0.15, -0.1) is 22.7 Å². The van der Waals surface area contributed by atoms with Gasteiger partial charge in [0.05, 0.1) is 34.8 Å². The van der Waals surface area contributed by atoms with Crippen molar-refractivity contribution in [2.45, 2.75) is 18.8 Å². The van der Waals surface area contributed by atoms with Crippen LogP contribution < -0.4 is 10.2 Å². The molecular formula is C19H19N4OS2+. The molecule has 7 heteroatoms. The maximum Gasteiger partial charge on any atom is 0.280 e. The molecule has 1 fully saturated rings. The molecule has 3 heterocycles. The third kappa shape index (κ3) is 3.63. The van der Waals surface area contributed by atoms with Gasteiger partial charge < -0.3 is 10.2 Å². The summed E-state index contributed by atoms with van der Waals surface area (Å²) in [5.41, 5.74) is 1.60. The SMILES string of the molecule is N#Cc1ccsc1NC(=O)C[NH+]1CCC[C@H](c2nc3ccccc3s2)C1. The molecule has 0 spiro atoms. The zero-order valence-electron chi connectivity index (χ0n) is 14.2. The number of carbonyl (C=O) groups excluding carboxylic acids is 1. The first-order valence-corrected chi connectivity index (χ1v) is 10.4. The van der Waals surface area contributed by atoms with Gasteiger partial charge in [0.25, 0.3) is 5.91 Å². The summed E-state index contributed by atoms with van der Waals surface area (Å²) in [6.45, 7) is 2.37. The Morgan fingerprint density at radius 3 is 3.12 bits per heavy atom. The number of nitriles is 1. The number of hydrogen-bond donors (Lipinski definition) is 2. The number of rotatable bonds is 4. The molecule has 26 heavy (non-hydrogen) atoms. The molecule has 132 valence electrons. The van der Waals surface area contributed by atoms with E-state index in [1.807, 2.05) is 17.5 Å². The van der Waals surface area contributed by atoms with Gasteiger partial charge in [0.1, 0.15) is 16.1 Å². The van der Waals surface area contributed by atoms with Crippen LogP contribution in [0.4, 0.5) is 5.00 Å². The quantitative estimate of drug-likeness (QED) is 0.728. The molecule has 1 aliphatic heterocycles. The number of thiophene rings is 1. The van der Waals surface area contributed by atoms with Gasteiger partial charge in [0.2, 0.25) is 0 Å². The maximum absolute atomic E-state index is 12.4. The van der Waals surface area contributed by atoms with Gasteiger partial charge in [-0.25, -0.2) is 4.98 Å². The number of benzene rings is 1. The number of para-hydroxylation sites is 1. The second-order valence-electron chi connectivity index (χ2n) is 6.56. The van der Waals surface area contributed by atoms with Gasteiger partial charge in [0.15, 0.2) is 6.54 Å². The van der Waals surface area contributed by atoms with E-state index in [0.717, 1.165) is 31.4 Å². The first kappa shape index (κ1) is 17.2. The lowest BCUT2D eigenvalue weighted by atomic mass is 9.99. The van der Waals surface area contributed by atoms with E-state index in [9.17, 15) is 4.79 Å². The van der Waals surface area contributed by atoms with Gasteiger partial charge in [-0.2, -0.15) is 5.26 Å². The molecule has 0 bridgehead atoms. The summed E-state index contributed by atoms with van der Waals surface area (Å²) in [5.74, 6) is 0.393. The Kier molecular flexibility index (Phi) is 4.98. The number of carbonyl (C=O) groups is 1. The minimum absolute atomic E-state index is 0.0242. The minimum Gasteiger partial charge on any atom is -0.327 e. The minimum atomic E-state index is -0.0242. The highest BCUT2D eigenvalue weighted by Gasteiger charge is 2.28. The molecule has 1 unspecified atom stereocenters. The topological polar surface area (TPSA) is 70.2 Å². The number of amides is 1. The van der Waals surface area contributed by atoms with Crippen molar-refractivity contribution in [3.05, 3.63) is 46.3 Å². The average Bonchev–Trinajstić information content (AvgIpc) is 3.28. The number of nitrogens with one attached hydrogen (secondary N) is 2. The fourth-order valence-electron chi connectivity index (χ4n) is 3.48. The van der Waals surface area contributed by atoms with Crippen LogP contribution in [-0.2, 0) is 4.79 Å². The maximum atomic E-state index is 12.4. The predicted molar refractivity (Wildman–Crippen MR) is 105 cm³/mol. The van der Waals surface area contributed by atoms with Crippen molar-refractivity contribution < 1.29 is 9.69 Å². The Hall–Kier alpha value is -2.27. The summed E-state index contributed by atoms with van der Waals surface area (Å²) in [7, 11) is 0. The van der Waals surface area contributed by atoms with Gasteiger partial charge in [-0.1, -0.05) is 12.1 Å². The highest BCUT2D eigenvalue weighted by Crippen LogP contribution is 2.30. The number of hydrogen-bond acceptors (Lipinski definition) is 5. The van der Waals surface area contributed by atoms with Crippen LogP contribution in [0, 0.1) is 11.3 Å². The molecule has 1 aliphatic rings. The fraction of sp³-hybridized carbons (Fsp3) is 0.316. The first-order chi connectivity index (χ1) is 12.7. The van der Waals surface area contributed by atoms with Crippen molar-refractivity contribution in [3.8, 4) is 6.07 Å². The molecule has 0 radical (unpaired) electrons. The predicted octanol–water partition coefficient (Wildman–Crippen LogP) is 2.63. The second kappa shape index (κ2) is 7.54. The van der Waals surface area contributed by atoms with Crippen LogP contribution in [0.1, 0.15) is 29.3 Å². The van der Waals surface area contributed by atoms with Crippen LogP contribution in [0.2, 0.25) is 0 Å². The molecule has 5 nitrogen and oxygen atoms in total.